The molecule has 0 saturated carbocycles. The van der Waals surface area contributed by atoms with Gasteiger partial charge in [-0.25, -0.2) is 9.78 Å². The fourth-order valence-electron chi connectivity index (χ4n) is 4.94. The van der Waals surface area contributed by atoms with Gasteiger partial charge in [-0.15, -0.1) is 0 Å². The van der Waals surface area contributed by atoms with Gasteiger partial charge >= 0.3 is 11.7 Å². The predicted octanol–water partition coefficient (Wildman–Crippen LogP) is -1.69. The van der Waals surface area contributed by atoms with Crippen LogP contribution in [-0.2, 0) is 28.4 Å². The Kier molecular flexibility index (Phi) is 5.90. The van der Waals surface area contributed by atoms with E-state index in [4.69, 9.17) is 15.6 Å². The zero-order valence-electron chi connectivity index (χ0n) is 19.4. The van der Waals surface area contributed by atoms with Gasteiger partial charge in [0.15, 0.2) is 11.2 Å². The van der Waals surface area contributed by atoms with Gasteiger partial charge in [-0.3, -0.25) is 23.5 Å². The molecule has 2 aromatic rings. The summed E-state index contributed by atoms with van der Waals surface area (Å²) in [4.78, 5) is 54.5. The molecule has 4 rings (SSSR count). The van der Waals surface area contributed by atoms with Crippen LogP contribution < -0.4 is 17.0 Å². The Labute approximate surface area is 194 Å². The molecule has 1 amide bonds. The minimum absolute atomic E-state index is 0.0151. The first kappa shape index (κ1) is 24.1. The topological polar surface area (TPSA) is 175 Å². The number of nitrogens with zero attached hydrogens (tertiary/aromatic N) is 5. The van der Waals surface area contributed by atoms with Crippen molar-refractivity contribution in [3.63, 3.8) is 0 Å². The number of carboxylic acid groups (broad SMARTS) is 1. The summed E-state index contributed by atoms with van der Waals surface area (Å²) < 4.78 is 10.1. The first-order chi connectivity index (χ1) is 15.9. The number of amides is 1. The number of aromatic nitrogens is 4. The van der Waals surface area contributed by atoms with Gasteiger partial charge in [0.1, 0.15) is 11.6 Å². The lowest BCUT2D eigenvalue weighted by Crippen LogP contribution is -2.58. The fourth-order valence-corrected chi connectivity index (χ4v) is 4.94. The minimum Gasteiger partial charge on any atom is -0.480 e. The van der Waals surface area contributed by atoms with Crippen molar-refractivity contribution in [3.8, 4) is 0 Å². The molecule has 0 bridgehead atoms. The Morgan fingerprint density at radius 2 is 1.91 bits per heavy atom. The molecule has 0 unspecified atom stereocenters. The number of ether oxygens (including phenoxy) is 1. The molecule has 3 atom stereocenters. The smallest absolute Gasteiger partial charge is 0.332 e. The Bertz CT molecular complexity index is 1250. The number of hydrogen-bond acceptors (Lipinski definition) is 8. The van der Waals surface area contributed by atoms with Crippen LogP contribution in [0.25, 0.3) is 11.2 Å². The Morgan fingerprint density at radius 1 is 1.26 bits per heavy atom. The second-order valence-electron chi connectivity index (χ2n) is 9.61. The summed E-state index contributed by atoms with van der Waals surface area (Å²) in [6, 6.07) is -1.80. The summed E-state index contributed by atoms with van der Waals surface area (Å²) in [7, 11) is 2.93. The SMILES string of the molecule is Cn1c(=O)c2c(ncn2[C@H]2CC3(CCN(C(=O)C[C@H](N)C(=O)O)CC3)OC[C@]2(C)O)n(C)c1=O. The normalized spacial score (nSPS) is 25.6. The van der Waals surface area contributed by atoms with Crippen molar-refractivity contribution in [2.24, 2.45) is 19.8 Å². The number of aliphatic hydroxyl groups is 1. The number of piperidine rings is 1. The van der Waals surface area contributed by atoms with E-state index in [-0.39, 0.29) is 30.1 Å². The summed E-state index contributed by atoms with van der Waals surface area (Å²) in [6.45, 7) is 2.37. The van der Waals surface area contributed by atoms with Crippen LogP contribution in [0.4, 0.5) is 0 Å². The van der Waals surface area contributed by atoms with Gasteiger partial charge in [0, 0.05) is 33.6 Å². The summed E-state index contributed by atoms with van der Waals surface area (Å²) in [5.74, 6) is -1.55. The monoisotopic (exact) mass is 478 g/mol. The Morgan fingerprint density at radius 3 is 2.53 bits per heavy atom. The molecule has 1 spiro atoms. The number of carbonyl (C=O) groups excluding carboxylic acids is 1. The lowest BCUT2D eigenvalue weighted by atomic mass is 9.77. The third-order valence-corrected chi connectivity index (χ3v) is 7.20. The molecule has 2 aromatic heterocycles. The number of rotatable bonds is 4. The van der Waals surface area contributed by atoms with Crippen LogP contribution >= 0.6 is 0 Å². The number of carboxylic acids is 1. The van der Waals surface area contributed by atoms with E-state index in [0.717, 1.165) is 4.57 Å². The second kappa shape index (κ2) is 8.32. The lowest BCUT2D eigenvalue weighted by Gasteiger charge is -2.51. The first-order valence-corrected chi connectivity index (χ1v) is 11.1. The maximum Gasteiger partial charge on any atom is 0.332 e. The van der Waals surface area contributed by atoms with Gasteiger partial charge in [0.25, 0.3) is 5.56 Å². The minimum atomic E-state index is -1.31. The van der Waals surface area contributed by atoms with Gasteiger partial charge < -0.3 is 30.2 Å². The van der Waals surface area contributed by atoms with Crippen molar-refractivity contribution in [2.45, 2.75) is 55.9 Å². The molecule has 186 valence electrons. The number of aryl methyl sites for hydroxylation is 1. The number of aliphatic carboxylic acids is 1. The molecule has 2 saturated heterocycles. The second-order valence-corrected chi connectivity index (χ2v) is 9.61. The highest BCUT2D eigenvalue weighted by Crippen LogP contribution is 2.44. The highest BCUT2D eigenvalue weighted by molar-refractivity contribution is 5.84. The van der Waals surface area contributed by atoms with Gasteiger partial charge in [-0.05, 0) is 19.8 Å². The number of likely N-dealkylation sites (tertiary alicyclic amines) is 1. The molecule has 0 aliphatic carbocycles. The van der Waals surface area contributed by atoms with Crippen LogP contribution in [0.15, 0.2) is 15.9 Å². The molecule has 2 aliphatic rings. The number of nitrogens with two attached hydrogens (primary N) is 1. The number of fused-ring (bicyclic) bond motifs is 1. The van der Waals surface area contributed by atoms with E-state index < -0.39 is 40.5 Å². The fraction of sp³-hybridized carbons (Fsp3) is 0.667. The van der Waals surface area contributed by atoms with Crippen molar-refractivity contribution < 1.29 is 24.5 Å². The van der Waals surface area contributed by atoms with Crippen LogP contribution in [0.3, 0.4) is 0 Å². The highest BCUT2D eigenvalue weighted by atomic mass is 16.5. The Hall–Kier alpha value is -3.03. The van der Waals surface area contributed by atoms with Crippen LogP contribution in [0.5, 0.6) is 0 Å². The average molecular weight is 479 g/mol. The predicted molar refractivity (Wildman–Crippen MR) is 119 cm³/mol. The zero-order valence-corrected chi connectivity index (χ0v) is 19.4. The summed E-state index contributed by atoms with van der Waals surface area (Å²) in [6.07, 6.45) is 2.53. The average Bonchev–Trinajstić information content (AvgIpc) is 3.23. The van der Waals surface area contributed by atoms with Crippen molar-refractivity contribution >= 4 is 23.0 Å². The molecule has 4 heterocycles. The van der Waals surface area contributed by atoms with E-state index in [1.54, 1.807) is 16.4 Å². The quantitative estimate of drug-likeness (QED) is 0.463. The largest absolute Gasteiger partial charge is 0.480 e. The van der Waals surface area contributed by atoms with Crippen LogP contribution in [0, 0.1) is 0 Å². The third-order valence-electron chi connectivity index (χ3n) is 7.20. The van der Waals surface area contributed by atoms with E-state index in [0.29, 0.717) is 32.4 Å². The lowest BCUT2D eigenvalue weighted by molar-refractivity contribution is -0.201. The maximum absolute atomic E-state index is 12.9. The standard InChI is InChI=1S/C21H30N6O7/c1-20(33)10-34-21(4-6-26(7-5-21)14(28)8-12(22)18(30)31)9-13(20)27-11-23-16-15(27)17(29)25(3)19(32)24(16)2/h11-13,33H,4-10,22H2,1-3H3,(H,30,31)/t12-,13-,20-/m0/s1. The highest BCUT2D eigenvalue weighted by Gasteiger charge is 2.50. The van der Waals surface area contributed by atoms with E-state index in [1.165, 1.54) is 25.0 Å². The molecule has 0 radical (unpaired) electrons. The van der Waals surface area contributed by atoms with Crippen molar-refractivity contribution in [2.75, 3.05) is 19.7 Å². The van der Waals surface area contributed by atoms with Crippen molar-refractivity contribution in [3.05, 3.63) is 27.2 Å². The first-order valence-electron chi connectivity index (χ1n) is 11.1. The van der Waals surface area contributed by atoms with Crippen molar-refractivity contribution in [1.29, 1.82) is 0 Å². The molecule has 13 heteroatoms. The summed E-state index contributed by atoms with van der Waals surface area (Å²) in [5.41, 5.74) is 3.02. The van der Waals surface area contributed by atoms with Gasteiger partial charge in [-0.2, -0.15) is 0 Å². The van der Waals surface area contributed by atoms with Crippen LogP contribution in [-0.4, -0.2) is 82.6 Å². The van der Waals surface area contributed by atoms with E-state index >= 15 is 0 Å². The maximum atomic E-state index is 12.9. The molecule has 2 aliphatic heterocycles. The zero-order chi connectivity index (χ0) is 25.0. The number of carbonyl (C=O) groups is 2. The summed E-state index contributed by atoms with van der Waals surface area (Å²) >= 11 is 0. The number of imidazole rings is 1. The van der Waals surface area contributed by atoms with Gasteiger partial charge in [-0.1, -0.05) is 0 Å². The molecule has 13 nitrogen and oxygen atoms in total. The molecule has 34 heavy (non-hydrogen) atoms. The molecule has 4 N–H and O–H groups in total. The third kappa shape index (κ3) is 3.93. The number of hydrogen-bond donors (Lipinski definition) is 3. The molecular weight excluding hydrogens is 448 g/mol. The van der Waals surface area contributed by atoms with Crippen LogP contribution in [0.2, 0.25) is 0 Å². The molecule has 0 aromatic carbocycles. The Balaban J connectivity index is 1.60. The van der Waals surface area contributed by atoms with E-state index in [9.17, 15) is 24.3 Å². The van der Waals surface area contributed by atoms with Gasteiger partial charge in [0.2, 0.25) is 5.91 Å². The molecular formula is C21H30N6O7. The van der Waals surface area contributed by atoms with Crippen molar-refractivity contribution in [1.82, 2.24) is 23.6 Å². The van der Waals surface area contributed by atoms with E-state index in [1.807, 2.05) is 0 Å². The van der Waals surface area contributed by atoms with Crippen LogP contribution in [0.1, 0.15) is 38.6 Å². The van der Waals surface area contributed by atoms with E-state index in [2.05, 4.69) is 4.98 Å². The molecule has 2 fully saturated rings. The van der Waals surface area contributed by atoms with Gasteiger partial charge in [0.05, 0.1) is 31.0 Å². The summed E-state index contributed by atoms with van der Waals surface area (Å²) in [5, 5.41) is 20.1.